The highest BCUT2D eigenvalue weighted by molar-refractivity contribution is 5.97. The van der Waals surface area contributed by atoms with Crippen LogP contribution in [0.4, 0.5) is 0 Å². The van der Waals surface area contributed by atoms with Crippen molar-refractivity contribution in [1.82, 2.24) is 10.2 Å². The van der Waals surface area contributed by atoms with Gasteiger partial charge < -0.3 is 24.8 Å². The van der Waals surface area contributed by atoms with Gasteiger partial charge in [0.2, 0.25) is 0 Å². The van der Waals surface area contributed by atoms with Gasteiger partial charge >= 0.3 is 0 Å². The van der Waals surface area contributed by atoms with Crippen molar-refractivity contribution < 1.29 is 19.4 Å². The minimum atomic E-state index is -0.318. The van der Waals surface area contributed by atoms with Gasteiger partial charge in [0.1, 0.15) is 11.5 Å². The van der Waals surface area contributed by atoms with Gasteiger partial charge in [-0.25, -0.2) is 0 Å². The molecule has 0 spiro atoms. The van der Waals surface area contributed by atoms with E-state index in [4.69, 9.17) is 9.47 Å². The number of rotatable bonds is 4. The number of phenols is 1. The Morgan fingerprint density at radius 2 is 2.40 bits per heavy atom. The van der Waals surface area contributed by atoms with Crippen LogP contribution in [-0.4, -0.2) is 62.4 Å². The number of nitrogens with one attached hydrogen (secondary N) is 1. The maximum absolute atomic E-state index is 12.0. The lowest BCUT2D eigenvalue weighted by atomic mass is 10.1. The van der Waals surface area contributed by atoms with Gasteiger partial charge in [0, 0.05) is 25.7 Å². The second-order valence-electron chi connectivity index (χ2n) is 4.85. The SMILES string of the molecule is COc1ccc(C(=O)NCC2CN(C)CCO2)c(O)c1. The number of morpholine rings is 1. The number of ether oxygens (including phenoxy) is 2. The maximum atomic E-state index is 12.0. The molecule has 1 amide bonds. The lowest BCUT2D eigenvalue weighted by Crippen LogP contribution is -2.45. The topological polar surface area (TPSA) is 71.0 Å². The Kier molecular flexibility index (Phi) is 4.81. The molecule has 2 rings (SSSR count). The number of carbonyl (C=O) groups excluding carboxylic acids is 1. The number of phenolic OH excluding ortho intramolecular Hbond substituents is 1. The van der Waals surface area contributed by atoms with Crippen molar-refractivity contribution in [3.8, 4) is 11.5 Å². The van der Waals surface area contributed by atoms with E-state index in [-0.39, 0.29) is 23.3 Å². The number of hydrogen-bond donors (Lipinski definition) is 2. The van der Waals surface area contributed by atoms with Crippen LogP contribution in [0.5, 0.6) is 11.5 Å². The second kappa shape index (κ2) is 6.58. The van der Waals surface area contributed by atoms with Crippen molar-refractivity contribution in [2.45, 2.75) is 6.10 Å². The summed E-state index contributed by atoms with van der Waals surface area (Å²) in [6.45, 7) is 2.79. The first kappa shape index (κ1) is 14.6. The summed E-state index contributed by atoms with van der Waals surface area (Å²) in [7, 11) is 3.53. The molecule has 2 N–H and O–H groups in total. The highest BCUT2D eigenvalue weighted by Crippen LogP contribution is 2.23. The third-order valence-electron chi connectivity index (χ3n) is 3.28. The third kappa shape index (κ3) is 3.61. The molecule has 1 aliphatic rings. The maximum Gasteiger partial charge on any atom is 0.255 e. The van der Waals surface area contributed by atoms with Gasteiger partial charge in [-0.1, -0.05) is 0 Å². The molecule has 1 aromatic carbocycles. The monoisotopic (exact) mass is 280 g/mol. The average molecular weight is 280 g/mol. The summed E-state index contributed by atoms with van der Waals surface area (Å²) in [6, 6.07) is 4.59. The zero-order valence-corrected chi connectivity index (χ0v) is 11.8. The van der Waals surface area contributed by atoms with Gasteiger partial charge in [0.25, 0.3) is 5.91 Å². The third-order valence-corrected chi connectivity index (χ3v) is 3.28. The molecule has 0 aromatic heterocycles. The summed E-state index contributed by atoms with van der Waals surface area (Å²) in [5, 5.41) is 12.6. The number of nitrogens with zero attached hydrogens (tertiary/aromatic N) is 1. The van der Waals surface area contributed by atoms with Crippen LogP contribution in [0.3, 0.4) is 0 Å². The normalized spacial score (nSPS) is 19.6. The fourth-order valence-electron chi connectivity index (χ4n) is 2.12. The van der Waals surface area contributed by atoms with Crippen LogP contribution in [0.2, 0.25) is 0 Å². The number of aromatic hydroxyl groups is 1. The van der Waals surface area contributed by atoms with Crippen LogP contribution in [0.1, 0.15) is 10.4 Å². The molecule has 6 nitrogen and oxygen atoms in total. The molecule has 110 valence electrons. The molecule has 1 heterocycles. The van der Waals surface area contributed by atoms with Crippen molar-refractivity contribution in [2.24, 2.45) is 0 Å². The van der Waals surface area contributed by atoms with Gasteiger partial charge in [-0.15, -0.1) is 0 Å². The molecular weight excluding hydrogens is 260 g/mol. The second-order valence-corrected chi connectivity index (χ2v) is 4.85. The van der Waals surface area contributed by atoms with Crippen LogP contribution in [0.15, 0.2) is 18.2 Å². The molecule has 1 saturated heterocycles. The zero-order chi connectivity index (χ0) is 14.5. The lowest BCUT2D eigenvalue weighted by Gasteiger charge is -2.30. The Labute approximate surface area is 118 Å². The largest absolute Gasteiger partial charge is 0.507 e. The molecule has 1 aromatic rings. The smallest absolute Gasteiger partial charge is 0.255 e. The van der Waals surface area contributed by atoms with Crippen LogP contribution in [0.25, 0.3) is 0 Å². The van der Waals surface area contributed by atoms with E-state index in [9.17, 15) is 9.90 Å². The molecule has 6 heteroatoms. The Morgan fingerprint density at radius 3 is 3.05 bits per heavy atom. The molecule has 1 atom stereocenters. The summed E-state index contributed by atoms with van der Waals surface area (Å²) < 4.78 is 10.5. The summed E-state index contributed by atoms with van der Waals surface area (Å²) in [5.41, 5.74) is 0.231. The standard InChI is InChI=1S/C14H20N2O4/c1-16-5-6-20-11(9-16)8-15-14(18)12-4-3-10(19-2)7-13(12)17/h3-4,7,11,17H,5-6,8-9H2,1-2H3,(H,15,18). The average Bonchev–Trinajstić information content (AvgIpc) is 2.44. The van der Waals surface area contributed by atoms with E-state index in [0.717, 1.165) is 13.1 Å². The van der Waals surface area contributed by atoms with Crippen molar-refractivity contribution in [3.63, 3.8) is 0 Å². The van der Waals surface area contributed by atoms with Gasteiger partial charge in [-0.2, -0.15) is 0 Å². The zero-order valence-electron chi connectivity index (χ0n) is 11.8. The summed E-state index contributed by atoms with van der Waals surface area (Å²) in [4.78, 5) is 14.2. The van der Waals surface area contributed by atoms with E-state index < -0.39 is 0 Å². The fraction of sp³-hybridized carbons (Fsp3) is 0.500. The summed E-state index contributed by atoms with van der Waals surface area (Å²) in [6.07, 6.45) is -0.0157. The lowest BCUT2D eigenvalue weighted by molar-refractivity contribution is -0.0175. The van der Waals surface area contributed by atoms with E-state index in [1.54, 1.807) is 6.07 Å². The highest BCUT2D eigenvalue weighted by atomic mass is 16.5. The summed E-state index contributed by atoms with van der Waals surface area (Å²) in [5.74, 6) is 0.0989. The van der Waals surface area contributed by atoms with E-state index in [1.165, 1.54) is 19.2 Å². The molecule has 1 aliphatic heterocycles. The highest BCUT2D eigenvalue weighted by Gasteiger charge is 2.19. The quantitative estimate of drug-likeness (QED) is 0.838. The molecule has 1 fully saturated rings. The van der Waals surface area contributed by atoms with Crippen molar-refractivity contribution in [3.05, 3.63) is 23.8 Å². The molecule has 20 heavy (non-hydrogen) atoms. The number of amides is 1. The number of carbonyl (C=O) groups is 1. The molecule has 0 radical (unpaired) electrons. The van der Waals surface area contributed by atoms with E-state index in [2.05, 4.69) is 10.2 Å². The van der Waals surface area contributed by atoms with Crippen molar-refractivity contribution in [2.75, 3.05) is 40.4 Å². The number of methoxy groups -OCH3 is 1. The van der Waals surface area contributed by atoms with Crippen molar-refractivity contribution in [1.29, 1.82) is 0 Å². The van der Waals surface area contributed by atoms with Crippen LogP contribution >= 0.6 is 0 Å². The Balaban J connectivity index is 1.91. The molecule has 0 aliphatic carbocycles. The van der Waals surface area contributed by atoms with E-state index in [1.807, 2.05) is 7.05 Å². The van der Waals surface area contributed by atoms with Gasteiger partial charge in [-0.05, 0) is 19.2 Å². The van der Waals surface area contributed by atoms with E-state index in [0.29, 0.717) is 18.9 Å². The van der Waals surface area contributed by atoms with Gasteiger partial charge in [0.05, 0.1) is 25.4 Å². The van der Waals surface area contributed by atoms with Gasteiger partial charge in [-0.3, -0.25) is 4.79 Å². The number of hydrogen-bond acceptors (Lipinski definition) is 5. The predicted octanol–water partition coefficient (Wildman–Crippen LogP) is 0.461. The minimum absolute atomic E-state index is 0.0157. The number of benzene rings is 1. The Bertz CT molecular complexity index is 478. The molecular formula is C14H20N2O4. The predicted molar refractivity (Wildman–Crippen MR) is 74.2 cm³/mol. The number of likely N-dealkylation sites (N-methyl/N-ethyl adjacent to an activating group) is 1. The van der Waals surface area contributed by atoms with Crippen LogP contribution < -0.4 is 10.1 Å². The molecule has 1 unspecified atom stereocenters. The van der Waals surface area contributed by atoms with Crippen molar-refractivity contribution >= 4 is 5.91 Å². The minimum Gasteiger partial charge on any atom is -0.507 e. The molecule has 0 saturated carbocycles. The first-order valence-corrected chi connectivity index (χ1v) is 6.55. The molecule has 0 bridgehead atoms. The van der Waals surface area contributed by atoms with Crippen LogP contribution in [-0.2, 0) is 4.74 Å². The fourth-order valence-corrected chi connectivity index (χ4v) is 2.12. The van der Waals surface area contributed by atoms with Crippen LogP contribution in [0, 0.1) is 0 Å². The first-order valence-electron chi connectivity index (χ1n) is 6.55. The Hall–Kier alpha value is -1.79. The Morgan fingerprint density at radius 1 is 1.60 bits per heavy atom. The van der Waals surface area contributed by atoms with E-state index >= 15 is 0 Å². The first-order chi connectivity index (χ1) is 9.60. The summed E-state index contributed by atoms with van der Waals surface area (Å²) >= 11 is 0. The van der Waals surface area contributed by atoms with Gasteiger partial charge in [0.15, 0.2) is 0 Å².